The van der Waals surface area contributed by atoms with E-state index in [1.54, 1.807) is 21.0 Å². The number of ether oxygens (including phenoxy) is 1. The maximum absolute atomic E-state index is 13.5. The minimum Gasteiger partial charge on any atom is -0.462 e. The molecule has 0 fully saturated rings. The number of esters is 1. The summed E-state index contributed by atoms with van der Waals surface area (Å²) in [4.78, 5) is 25.8. The molecular formula is C14H14Cl2FNO3. The molecule has 0 radical (unpaired) electrons. The lowest BCUT2D eigenvalue weighted by Crippen LogP contribution is -2.20. The van der Waals surface area contributed by atoms with Crippen LogP contribution in [0.1, 0.15) is 17.3 Å². The van der Waals surface area contributed by atoms with Crippen LogP contribution in [-0.4, -0.2) is 37.4 Å². The summed E-state index contributed by atoms with van der Waals surface area (Å²) >= 11 is 11.5. The molecular weight excluding hydrogens is 320 g/mol. The molecule has 0 atom stereocenters. The van der Waals surface area contributed by atoms with E-state index in [1.165, 1.54) is 11.1 Å². The maximum atomic E-state index is 13.5. The van der Waals surface area contributed by atoms with Crippen LogP contribution in [0.25, 0.3) is 0 Å². The molecule has 0 aliphatic heterocycles. The van der Waals surface area contributed by atoms with Crippen LogP contribution in [0, 0.1) is 5.82 Å². The first-order valence-electron chi connectivity index (χ1n) is 6.02. The van der Waals surface area contributed by atoms with Crippen molar-refractivity contribution in [1.82, 2.24) is 4.90 Å². The van der Waals surface area contributed by atoms with Crippen molar-refractivity contribution in [3.8, 4) is 0 Å². The van der Waals surface area contributed by atoms with Gasteiger partial charge in [0.25, 0.3) is 0 Å². The lowest BCUT2D eigenvalue weighted by atomic mass is 10.0. The monoisotopic (exact) mass is 333 g/mol. The van der Waals surface area contributed by atoms with Crippen molar-refractivity contribution in [3.63, 3.8) is 0 Å². The number of benzene rings is 1. The van der Waals surface area contributed by atoms with Gasteiger partial charge in [-0.05, 0) is 19.1 Å². The predicted molar refractivity (Wildman–Crippen MR) is 79.2 cm³/mol. The molecule has 0 spiro atoms. The van der Waals surface area contributed by atoms with Crippen LogP contribution in [0.4, 0.5) is 4.39 Å². The Balaban J connectivity index is 3.30. The highest BCUT2D eigenvalue weighted by molar-refractivity contribution is 6.39. The zero-order chi connectivity index (χ0) is 16.2. The molecule has 0 aliphatic carbocycles. The molecule has 0 aliphatic rings. The normalized spacial score (nSPS) is 11.2. The van der Waals surface area contributed by atoms with E-state index in [0.717, 1.165) is 12.1 Å². The molecule has 21 heavy (non-hydrogen) atoms. The summed E-state index contributed by atoms with van der Waals surface area (Å²) in [5, 5.41) is -0.244. The second-order valence-corrected chi connectivity index (χ2v) is 5.12. The smallest absolute Gasteiger partial charge is 0.343 e. The van der Waals surface area contributed by atoms with Gasteiger partial charge >= 0.3 is 5.97 Å². The Labute approximate surface area is 132 Å². The fourth-order valence-electron chi connectivity index (χ4n) is 1.51. The lowest BCUT2D eigenvalue weighted by Gasteiger charge is -2.11. The average molecular weight is 334 g/mol. The fraction of sp³-hybridized carbons (Fsp3) is 0.286. The van der Waals surface area contributed by atoms with Crippen LogP contribution in [0.15, 0.2) is 23.9 Å². The predicted octanol–water partition coefficient (Wildman–Crippen LogP) is 3.32. The van der Waals surface area contributed by atoms with Gasteiger partial charge in [0.2, 0.25) is 5.78 Å². The van der Waals surface area contributed by atoms with E-state index in [0.29, 0.717) is 0 Å². The highest BCUT2D eigenvalue weighted by Crippen LogP contribution is 2.26. The molecule has 1 rings (SSSR count). The number of Topliss-reactive ketones (excluding diaryl/α,β-unsaturated/α-hetero) is 1. The van der Waals surface area contributed by atoms with E-state index in [2.05, 4.69) is 0 Å². The molecule has 0 amide bonds. The van der Waals surface area contributed by atoms with Crippen LogP contribution in [0.5, 0.6) is 0 Å². The molecule has 0 heterocycles. The third kappa shape index (κ3) is 4.44. The van der Waals surface area contributed by atoms with Gasteiger partial charge in [0.05, 0.1) is 16.7 Å². The van der Waals surface area contributed by atoms with Crippen LogP contribution >= 0.6 is 23.2 Å². The first-order valence-corrected chi connectivity index (χ1v) is 6.78. The number of hydrogen-bond acceptors (Lipinski definition) is 4. The van der Waals surface area contributed by atoms with Crippen LogP contribution in [0.3, 0.4) is 0 Å². The number of ketones is 1. The average Bonchev–Trinajstić information content (AvgIpc) is 2.39. The summed E-state index contributed by atoms with van der Waals surface area (Å²) in [6.45, 7) is 1.73. The summed E-state index contributed by atoms with van der Waals surface area (Å²) in [7, 11) is 3.27. The van der Waals surface area contributed by atoms with Crippen molar-refractivity contribution in [2.24, 2.45) is 0 Å². The Bertz CT molecular complexity index is 600. The van der Waals surface area contributed by atoms with Gasteiger partial charge in [-0.15, -0.1) is 0 Å². The maximum Gasteiger partial charge on any atom is 0.343 e. The van der Waals surface area contributed by atoms with Crippen LogP contribution < -0.4 is 0 Å². The van der Waals surface area contributed by atoms with Crippen molar-refractivity contribution in [1.29, 1.82) is 0 Å². The Hall–Kier alpha value is -1.59. The van der Waals surface area contributed by atoms with Gasteiger partial charge in [0.1, 0.15) is 11.4 Å². The van der Waals surface area contributed by atoms with Gasteiger partial charge in [-0.2, -0.15) is 0 Å². The largest absolute Gasteiger partial charge is 0.462 e. The topological polar surface area (TPSA) is 46.6 Å². The molecule has 0 bridgehead atoms. The second kappa shape index (κ2) is 7.43. The second-order valence-electron chi connectivity index (χ2n) is 4.30. The Kier molecular flexibility index (Phi) is 6.18. The van der Waals surface area contributed by atoms with Gasteiger partial charge < -0.3 is 9.64 Å². The number of carbonyl (C=O) groups is 2. The molecule has 0 aromatic heterocycles. The van der Waals surface area contributed by atoms with E-state index in [4.69, 9.17) is 27.9 Å². The first-order chi connectivity index (χ1) is 9.77. The highest BCUT2D eigenvalue weighted by Gasteiger charge is 2.24. The number of carbonyl (C=O) groups excluding carboxylic acids is 2. The molecule has 4 nitrogen and oxygen atoms in total. The molecule has 0 unspecified atom stereocenters. The van der Waals surface area contributed by atoms with Gasteiger partial charge in [0.15, 0.2) is 0 Å². The van der Waals surface area contributed by atoms with E-state index in [9.17, 15) is 14.0 Å². The molecule has 7 heteroatoms. The highest BCUT2D eigenvalue weighted by atomic mass is 35.5. The van der Waals surface area contributed by atoms with Crippen molar-refractivity contribution < 1.29 is 18.7 Å². The van der Waals surface area contributed by atoms with Gasteiger partial charge in [0, 0.05) is 25.9 Å². The quantitative estimate of drug-likeness (QED) is 0.207. The van der Waals surface area contributed by atoms with Crippen molar-refractivity contribution in [3.05, 3.63) is 45.3 Å². The summed E-state index contributed by atoms with van der Waals surface area (Å²) in [5.74, 6) is -2.33. The Morgan fingerprint density at radius 1 is 1.29 bits per heavy atom. The molecule has 1 aromatic carbocycles. The van der Waals surface area contributed by atoms with Gasteiger partial charge in [-0.25, -0.2) is 9.18 Å². The van der Waals surface area contributed by atoms with E-state index in [-0.39, 0.29) is 27.8 Å². The SMILES string of the molecule is CCOC(=O)/C(=C/N(C)C)C(=O)c1cc(F)c(Cl)cc1Cl. The fourth-order valence-corrected chi connectivity index (χ4v) is 1.98. The third-order valence-corrected chi connectivity index (χ3v) is 2.98. The minimum atomic E-state index is -0.803. The van der Waals surface area contributed by atoms with Crippen molar-refractivity contribution >= 4 is 35.0 Å². The van der Waals surface area contributed by atoms with Crippen molar-refractivity contribution in [2.75, 3.05) is 20.7 Å². The van der Waals surface area contributed by atoms with Crippen LogP contribution in [0.2, 0.25) is 10.0 Å². The summed E-state index contributed by atoms with van der Waals surface area (Å²) in [5.41, 5.74) is -0.398. The van der Waals surface area contributed by atoms with Crippen LogP contribution in [-0.2, 0) is 9.53 Å². The van der Waals surface area contributed by atoms with Gasteiger partial charge in [-0.1, -0.05) is 23.2 Å². The first kappa shape index (κ1) is 17.5. The number of nitrogens with zero attached hydrogens (tertiary/aromatic N) is 1. The number of hydrogen-bond donors (Lipinski definition) is 0. The minimum absolute atomic E-state index is 0.0413. The van der Waals surface area contributed by atoms with Gasteiger partial charge in [-0.3, -0.25) is 4.79 Å². The molecule has 0 saturated heterocycles. The molecule has 1 aromatic rings. The Morgan fingerprint density at radius 3 is 2.43 bits per heavy atom. The Morgan fingerprint density at radius 2 is 1.90 bits per heavy atom. The van der Waals surface area contributed by atoms with E-state index in [1.807, 2.05) is 0 Å². The summed E-state index contributed by atoms with van der Waals surface area (Å²) in [6, 6.07) is 2.01. The standard InChI is InChI=1S/C14H14Cl2FNO3/c1-4-21-14(20)9(7-18(2)3)13(19)8-5-12(17)11(16)6-10(8)15/h5-7H,4H2,1-3H3/b9-7+. The summed E-state index contributed by atoms with van der Waals surface area (Å²) < 4.78 is 18.3. The van der Waals surface area contributed by atoms with E-state index >= 15 is 0 Å². The molecule has 114 valence electrons. The summed E-state index contributed by atoms with van der Waals surface area (Å²) in [6.07, 6.45) is 1.29. The van der Waals surface area contributed by atoms with E-state index < -0.39 is 17.6 Å². The van der Waals surface area contributed by atoms with Crippen molar-refractivity contribution in [2.45, 2.75) is 6.92 Å². The molecule has 0 N–H and O–H groups in total. The number of halogens is 3. The molecule has 0 saturated carbocycles. The third-order valence-electron chi connectivity index (χ3n) is 2.38. The lowest BCUT2D eigenvalue weighted by molar-refractivity contribution is -0.138. The number of rotatable bonds is 5. The zero-order valence-electron chi connectivity index (χ0n) is 11.7. The zero-order valence-corrected chi connectivity index (χ0v) is 13.3.